The van der Waals surface area contributed by atoms with Crippen molar-refractivity contribution in [3.8, 4) is 11.5 Å². The lowest BCUT2D eigenvalue weighted by Crippen LogP contribution is -2.26. The van der Waals surface area contributed by atoms with Gasteiger partial charge in [-0.3, -0.25) is 9.36 Å². The van der Waals surface area contributed by atoms with Gasteiger partial charge in [-0.25, -0.2) is 4.98 Å². The summed E-state index contributed by atoms with van der Waals surface area (Å²) in [6, 6.07) is 5.46. The summed E-state index contributed by atoms with van der Waals surface area (Å²) in [5.41, 5.74) is 0.850. The van der Waals surface area contributed by atoms with Gasteiger partial charge in [0, 0.05) is 29.2 Å². The average Bonchev–Trinajstić information content (AvgIpc) is 3.08. The number of benzene rings is 1. The number of methoxy groups -OCH3 is 2. The highest BCUT2D eigenvalue weighted by Gasteiger charge is 2.20. The Morgan fingerprint density at radius 3 is 2.65 bits per heavy atom. The van der Waals surface area contributed by atoms with E-state index in [2.05, 4.69) is 9.97 Å². The van der Waals surface area contributed by atoms with Crippen LogP contribution in [0.2, 0.25) is 0 Å². The molecule has 0 fully saturated rings. The predicted octanol–water partition coefficient (Wildman–Crippen LogP) is 2.22. The summed E-state index contributed by atoms with van der Waals surface area (Å²) in [5.74, 6) is 1.96. The zero-order valence-corrected chi connectivity index (χ0v) is 16.6. The molecule has 0 N–H and O–H groups in total. The molecule has 0 saturated carbocycles. The van der Waals surface area contributed by atoms with Crippen LogP contribution < -0.4 is 15.0 Å². The Morgan fingerprint density at radius 1 is 1.27 bits per heavy atom. The van der Waals surface area contributed by atoms with E-state index in [1.54, 1.807) is 31.1 Å². The monoisotopic (exact) mass is 393 g/mol. The SMILES string of the molecule is CCc1nc2sc([S+](C)[O-])nc2c(=O)n1Cc1ccc(OC)cc1OC. The standard InChI is InChI=1S/C17H19N3O4S2/c1-5-13-18-15-14(19-17(25-15)26(4)22)16(21)20(13)9-10-6-7-11(23-2)8-12(10)24-3/h6-8H,5,9H2,1-4H3. The maximum Gasteiger partial charge on any atom is 0.304 e. The Hall–Kier alpha value is -2.10. The first kappa shape index (κ1) is 18.7. The summed E-state index contributed by atoms with van der Waals surface area (Å²) >= 11 is -0.0467. The lowest BCUT2D eigenvalue weighted by Gasteiger charge is -2.14. The van der Waals surface area contributed by atoms with Crippen LogP contribution in [0.1, 0.15) is 18.3 Å². The van der Waals surface area contributed by atoms with Crippen molar-refractivity contribution in [2.75, 3.05) is 20.5 Å². The summed E-state index contributed by atoms with van der Waals surface area (Å²) < 4.78 is 24.3. The van der Waals surface area contributed by atoms with Gasteiger partial charge in [-0.15, -0.1) is 0 Å². The molecule has 0 bridgehead atoms. The number of ether oxygens (including phenoxy) is 2. The molecule has 0 saturated heterocycles. The Balaban J connectivity index is 2.12. The van der Waals surface area contributed by atoms with E-state index in [9.17, 15) is 9.35 Å². The molecule has 138 valence electrons. The van der Waals surface area contributed by atoms with Crippen molar-refractivity contribution in [3.63, 3.8) is 0 Å². The van der Waals surface area contributed by atoms with Gasteiger partial charge in [-0.1, -0.05) is 6.92 Å². The molecule has 0 spiro atoms. The van der Waals surface area contributed by atoms with E-state index < -0.39 is 11.2 Å². The average molecular weight is 393 g/mol. The van der Waals surface area contributed by atoms with E-state index in [-0.39, 0.29) is 11.1 Å². The Bertz CT molecular complexity index is 998. The Morgan fingerprint density at radius 2 is 2.04 bits per heavy atom. The van der Waals surface area contributed by atoms with Gasteiger partial charge >= 0.3 is 4.34 Å². The van der Waals surface area contributed by atoms with Gasteiger partial charge in [-0.05, 0) is 23.5 Å². The van der Waals surface area contributed by atoms with Crippen LogP contribution >= 0.6 is 11.3 Å². The minimum absolute atomic E-state index is 0.238. The molecule has 0 aliphatic rings. The third kappa shape index (κ3) is 3.42. The lowest BCUT2D eigenvalue weighted by molar-refractivity contribution is 0.390. The quantitative estimate of drug-likeness (QED) is 0.597. The number of thiazole rings is 1. The first-order valence-corrected chi connectivity index (χ1v) is 10.3. The molecule has 0 amide bonds. The van der Waals surface area contributed by atoms with Crippen LogP contribution in [0.4, 0.5) is 0 Å². The zero-order chi connectivity index (χ0) is 18.8. The molecule has 3 rings (SSSR count). The van der Waals surface area contributed by atoms with Gasteiger partial charge in [0.2, 0.25) is 0 Å². The zero-order valence-electron chi connectivity index (χ0n) is 14.9. The maximum absolute atomic E-state index is 13.0. The molecule has 9 heteroatoms. The number of hydrogen-bond donors (Lipinski definition) is 0. The molecular formula is C17H19N3O4S2. The minimum Gasteiger partial charge on any atom is -0.610 e. The van der Waals surface area contributed by atoms with Crippen LogP contribution in [0.15, 0.2) is 27.3 Å². The molecule has 0 aliphatic carbocycles. The van der Waals surface area contributed by atoms with E-state index in [0.717, 1.165) is 5.56 Å². The molecule has 1 aromatic carbocycles. The number of rotatable bonds is 6. The van der Waals surface area contributed by atoms with Crippen molar-refractivity contribution in [1.82, 2.24) is 14.5 Å². The van der Waals surface area contributed by atoms with E-state index in [0.29, 0.717) is 39.5 Å². The second-order valence-electron chi connectivity index (χ2n) is 5.54. The minimum atomic E-state index is -1.25. The summed E-state index contributed by atoms with van der Waals surface area (Å²) in [6.45, 7) is 2.25. The van der Waals surface area contributed by atoms with Crippen molar-refractivity contribution in [3.05, 3.63) is 39.9 Å². The van der Waals surface area contributed by atoms with E-state index in [4.69, 9.17) is 9.47 Å². The summed E-state index contributed by atoms with van der Waals surface area (Å²) in [6.07, 6.45) is 2.13. The smallest absolute Gasteiger partial charge is 0.304 e. The van der Waals surface area contributed by atoms with Crippen molar-refractivity contribution in [1.29, 1.82) is 0 Å². The van der Waals surface area contributed by atoms with Gasteiger partial charge in [0.05, 0.1) is 20.8 Å². The number of nitrogens with zero attached hydrogens (tertiary/aromatic N) is 3. The van der Waals surface area contributed by atoms with Crippen molar-refractivity contribution in [2.24, 2.45) is 0 Å². The fraction of sp³-hybridized carbons (Fsp3) is 0.353. The molecule has 26 heavy (non-hydrogen) atoms. The number of aryl methyl sites for hydroxylation is 1. The number of aromatic nitrogens is 3. The first-order chi connectivity index (χ1) is 12.5. The highest BCUT2D eigenvalue weighted by Crippen LogP contribution is 2.26. The Kier molecular flexibility index (Phi) is 5.49. The second-order valence-corrected chi connectivity index (χ2v) is 8.07. The second kappa shape index (κ2) is 7.65. The van der Waals surface area contributed by atoms with Gasteiger partial charge < -0.3 is 14.0 Å². The fourth-order valence-electron chi connectivity index (χ4n) is 2.64. The summed E-state index contributed by atoms with van der Waals surface area (Å²) in [4.78, 5) is 22.3. The largest absolute Gasteiger partial charge is 0.610 e. The lowest BCUT2D eigenvalue weighted by atomic mass is 10.2. The van der Waals surface area contributed by atoms with Gasteiger partial charge in [0.15, 0.2) is 10.3 Å². The number of fused-ring (bicyclic) bond motifs is 1. The summed E-state index contributed by atoms with van der Waals surface area (Å²) in [5, 5.41) is 0. The van der Waals surface area contributed by atoms with Crippen molar-refractivity contribution in [2.45, 2.75) is 24.2 Å². The third-order valence-electron chi connectivity index (χ3n) is 3.96. The highest BCUT2D eigenvalue weighted by molar-refractivity contribution is 7.92. The molecule has 7 nitrogen and oxygen atoms in total. The fourth-order valence-corrected chi connectivity index (χ4v) is 4.25. The molecule has 1 atom stereocenters. The Labute approximate surface area is 157 Å². The predicted molar refractivity (Wildman–Crippen MR) is 102 cm³/mol. The molecular weight excluding hydrogens is 374 g/mol. The van der Waals surface area contributed by atoms with Crippen molar-refractivity contribution >= 4 is 32.9 Å². The molecule has 0 radical (unpaired) electrons. The molecule has 3 aromatic rings. The first-order valence-electron chi connectivity index (χ1n) is 7.93. The molecule has 0 aliphatic heterocycles. The van der Waals surface area contributed by atoms with Crippen LogP contribution in [0.25, 0.3) is 10.3 Å². The molecule has 2 aromatic heterocycles. The molecule has 2 heterocycles. The maximum atomic E-state index is 13.0. The van der Waals surface area contributed by atoms with Crippen molar-refractivity contribution < 1.29 is 14.0 Å². The normalized spacial score (nSPS) is 12.3. The van der Waals surface area contributed by atoms with Crippen LogP contribution in [-0.2, 0) is 24.1 Å². The topological polar surface area (TPSA) is 89.3 Å². The number of hydrogen-bond acceptors (Lipinski definition) is 7. The van der Waals surface area contributed by atoms with Crippen LogP contribution in [0.3, 0.4) is 0 Å². The summed E-state index contributed by atoms with van der Waals surface area (Å²) in [7, 11) is 3.16. The van der Waals surface area contributed by atoms with E-state index in [1.165, 1.54) is 11.3 Å². The molecule has 1 unspecified atom stereocenters. The highest BCUT2D eigenvalue weighted by atomic mass is 32.2. The van der Waals surface area contributed by atoms with Gasteiger partial charge in [0.25, 0.3) is 5.56 Å². The van der Waals surface area contributed by atoms with Crippen LogP contribution in [0.5, 0.6) is 11.5 Å². The third-order valence-corrected chi connectivity index (χ3v) is 6.25. The van der Waals surface area contributed by atoms with Gasteiger partial charge in [-0.2, -0.15) is 4.98 Å². The van der Waals surface area contributed by atoms with Crippen LogP contribution in [-0.4, -0.2) is 39.6 Å². The van der Waals surface area contributed by atoms with E-state index in [1.807, 2.05) is 19.1 Å². The van der Waals surface area contributed by atoms with Gasteiger partial charge in [0.1, 0.15) is 23.6 Å². The van der Waals surface area contributed by atoms with E-state index >= 15 is 0 Å². The van der Waals surface area contributed by atoms with Crippen LogP contribution in [0, 0.1) is 0 Å².